The highest BCUT2D eigenvalue weighted by Crippen LogP contribution is 2.28. The predicted molar refractivity (Wildman–Crippen MR) is 110 cm³/mol. The number of aliphatic imine (C=N–C) groups is 1. The molecule has 1 aromatic rings. The van der Waals surface area contributed by atoms with E-state index in [2.05, 4.69) is 44.2 Å². The summed E-state index contributed by atoms with van der Waals surface area (Å²) in [5, 5.41) is 25.9. The molecule has 8 heteroatoms. The van der Waals surface area contributed by atoms with Crippen LogP contribution in [0, 0.1) is 0 Å². The summed E-state index contributed by atoms with van der Waals surface area (Å²) >= 11 is 0. The number of hydrogen-bond donors (Lipinski definition) is 3. The molecule has 25 heavy (non-hydrogen) atoms. The Bertz CT molecular complexity index is 594. The molecule has 2 heterocycles. The molecule has 7 nitrogen and oxygen atoms in total. The molecular weight excluding hydrogens is 431 g/mol. The third-order valence-electron chi connectivity index (χ3n) is 5.18. The van der Waals surface area contributed by atoms with E-state index in [0.29, 0.717) is 18.5 Å². The molecule has 142 valence electrons. The minimum absolute atomic E-state index is 0. The lowest BCUT2D eigenvalue weighted by molar-refractivity contribution is 0.0521. The highest BCUT2D eigenvalue weighted by Gasteiger charge is 2.31. The second-order valence-corrected chi connectivity index (χ2v) is 7.48. The van der Waals surface area contributed by atoms with Gasteiger partial charge in [-0.15, -0.1) is 34.2 Å². The molecule has 0 amide bonds. The van der Waals surface area contributed by atoms with Crippen LogP contribution in [-0.2, 0) is 13.0 Å². The van der Waals surface area contributed by atoms with Crippen molar-refractivity contribution in [3.8, 4) is 0 Å². The monoisotopic (exact) mass is 462 g/mol. The van der Waals surface area contributed by atoms with Crippen LogP contribution in [-0.4, -0.2) is 51.1 Å². The Balaban J connectivity index is 0.00000225. The van der Waals surface area contributed by atoms with E-state index in [1.165, 1.54) is 0 Å². The zero-order valence-corrected chi connectivity index (χ0v) is 17.8. The number of nitrogens with zero attached hydrogens (tertiary/aromatic N) is 4. The van der Waals surface area contributed by atoms with Crippen LogP contribution in [0.25, 0.3) is 0 Å². The SMILES string of the molecule is CN=C(NCC1(O)CCCC1)NC1CCc2nnc(C(C)C)n2C1.I. The van der Waals surface area contributed by atoms with Crippen LogP contribution >= 0.6 is 24.0 Å². The molecule has 3 N–H and O–H groups in total. The molecule has 1 saturated carbocycles. The molecule has 1 aliphatic carbocycles. The van der Waals surface area contributed by atoms with Gasteiger partial charge in [-0.25, -0.2) is 0 Å². The van der Waals surface area contributed by atoms with E-state index in [1.807, 2.05) is 0 Å². The highest BCUT2D eigenvalue weighted by molar-refractivity contribution is 14.0. The van der Waals surface area contributed by atoms with Crippen LogP contribution in [0.1, 0.15) is 63.5 Å². The second-order valence-electron chi connectivity index (χ2n) is 7.48. The molecule has 0 saturated heterocycles. The van der Waals surface area contributed by atoms with Crippen LogP contribution < -0.4 is 10.6 Å². The molecule has 3 rings (SSSR count). The molecule has 0 bridgehead atoms. The van der Waals surface area contributed by atoms with Crippen molar-refractivity contribution in [2.75, 3.05) is 13.6 Å². The van der Waals surface area contributed by atoms with Crippen molar-refractivity contribution in [3.05, 3.63) is 11.6 Å². The Labute approximate surface area is 167 Å². The number of halogens is 1. The van der Waals surface area contributed by atoms with Crippen molar-refractivity contribution in [2.45, 2.75) is 76.5 Å². The van der Waals surface area contributed by atoms with E-state index in [-0.39, 0.29) is 24.0 Å². The fraction of sp³-hybridized carbons (Fsp3) is 0.824. The van der Waals surface area contributed by atoms with Gasteiger partial charge in [-0.05, 0) is 19.3 Å². The van der Waals surface area contributed by atoms with Crippen LogP contribution in [0.4, 0.5) is 0 Å². The van der Waals surface area contributed by atoms with Gasteiger partial charge < -0.3 is 20.3 Å². The molecule has 1 unspecified atom stereocenters. The zero-order chi connectivity index (χ0) is 17.2. The van der Waals surface area contributed by atoms with Crippen LogP contribution in [0.5, 0.6) is 0 Å². The predicted octanol–water partition coefficient (Wildman–Crippen LogP) is 1.80. The smallest absolute Gasteiger partial charge is 0.191 e. The Morgan fingerprint density at radius 2 is 2.08 bits per heavy atom. The molecule has 1 aliphatic heterocycles. The van der Waals surface area contributed by atoms with Gasteiger partial charge in [-0.2, -0.15) is 0 Å². The van der Waals surface area contributed by atoms with E-state index >= 15 is 0 Å². The lowest BCUT2D eigenvalue weighted by Gasteiger charge is -2.29. The zero-order valence-electron chi connectivity index (χ0n) is 15.5. The second kappa shape index (κ2) is 8.66. The lowest BCUT2D eigenvalue weighted by Crippen LogP contribution is -2.50. The number of aliphatic hydroxyl groups is 1. The Hall–Kier alpha value is -0.900. The van der Waals surface area contributed by atoms with Gasteiger partial charge in [0.2, 0.25) is 0 Å². The van der Waals surface area contributed by atoms with Gasteiger partial charge in [0, 0.05) is 38.5 Å². The van der Waals surface area contributed by atoms with Crippen molar-refractivity contribution in [2.24, 2.45) is 4.99 Å². The molecule has 1 fully saturated rings. The first-order valence-electron chi connectivity index (χ1n) is 9.12. The maximum atomic E-state index is 10.5. The first-order chi connectivity index (χ1) is 11.5. The quantitative estimate of drug-likeness (QED) is 0.361. The van der Waals surface area contributed by atoms with Gasteiger partial charge in [-0.3, -0.25) is 4.99 Å². The van der Waals surface area contributed by atoms with Gasteiger partial charge in [0.15, 0.2) is 5.96 Å². The maximum Gasteiger partial charge on any atom is 0.191 e. The molecule has 1 aromatic heterocycles. The van der Waals surface area contributed by atoms with Crippen molar-refractivity contribution in [1.29, 1.82) is 0 Å². The number of hydrogen-bond acceptors (Lipinski definition) is 4. The van der Waals surface area contributed by atoms with Gasteiger partial charge in [0.1, 0.15) is 11.6 Å². The average Bonchev–Trinajstić information content (AvgIpc) is 3.17. The molecule has 2 aliphatic rings. The van der Waals surface area contributed by atoms with Gasteiger partial charge >= 0.3 is 0 Å². The summed E-state index contributed by atoms with van der Waals surface area (Å²) in [6.45, 7) is 5.73. The number of nitrogens with one attached hydrogen (secondary N) is 2. The third-order valence-corrected chi connectivity index (χ3v) is 5.18. The van der Waals surface area contributed by atoms with E-state index in [4.69, 9.17) is 0 Å². The number of guanidine groups is 1. The summed E-state index contributed by atoms with van der Waals surface area (Å²) in [4.78, 5) is 4.32. The molecule has 0 aromatic carbocycles. The van der Waals surface area contributed by atoms with Gasteiger partial charge in [0.05, 0.1) is 5.60 Å². The standard InChI is InChI=1S/C17H30N6O.HI/c1-12(2)15-22-21-14-7-6-13(10-23(14)15)20-16(18-3)19-11-17(24)8-4-5-9-17;/h12-13,24H,4-11H2,1-3H3,(H2,18,19,20);1H. The van der Waals surface area contributed by atoms with Gasteiger partial charge in [-0.1, -0.05) is 26.7 Å². The van der Waals surface area contributed by atoms with Crippen LogP contribution in [0.3, 0.4) is 0 Å². The summed E-state index contributed by atoms with van der Waals surface area (Å²) in [5.74, 6) is 3.28. The summed E-state index contributed by atoms with van der Waals surface area (Å²) in [6, 6.07) is 0.301. The Morgan fingerprint density at radius 1 is 1.36 bits per heavy atom. The van der Waals surface area contributed by atoms with Crippen molar-refractivity contribution < 1.29 is 5.11 Å². The summed E-state index contributed by atoms with van der Waals surface area (Å²) in [5.41, 5.74) is -0.573. The fourth-order valence-electron chi connectivity index (χ4n) is 3.74. The lowest BCUT2D eigenvalue weighted by atomic mass is 10.0. The normalized spacial score (nSPS) is 22.4. The summed E-state index contributed by atoms with van der Waals surface area (Å²) in [7, 11) is 1.78. The highest BCUT2D eigenvalue weighted by atomic mass is 127. The molecular formula is C17H31IN6O. The first kappa shape index (κ1) is 20.4. The van der Waals surface area contributed by atoms with E-state index in [1.54, 1.807) is 7.05 Å². The molecule has 0 spiro atoms. The van der Waals surface area contributed by atoms with Crippen LogP contribution in [0.2, 0.25) is 0 Å². The number of aryl methyl sites for hydroxylation is 1. The van der Waals surface area contributed by atoms with E-state index < -0.39 is 5.60 Å². The van der Waals surface area contributed by atoms with Crippen molar-refractivity contribution >= 4 is 29.9 Å². The minimum Gasteiger partial charge on any atom is -0.388 e. The van der Waals surface area contributed by atoms with Crippen LogP contribution in [0.15, 0.2) is 4.99 Å². The number of fused-ring (bicyclic) bond motifs is 1. The summed E-state index contributed by atoms with van der Waals surface area (Å²) in [6.07, 6.45) is 5.92. The first-order valence-corrected chi connectivity index (χ1v) is 9.12. The maximum absolute atomic E-state index is 10.5. The van der Waals surface area contributed by atoms with E-state index in [0.717, 1.165) is 62.7 Å². The minimum atomic E-state index is -0.573. The van der Waals surface area contributed by atoms with Crippen molar-refractivity contribution in [3.63, 3.8) is 0 Å². The van der Waals surface area contributed by atoms with E-state index in [9.17, 15) is 5.11 Å². The summed E-state index contributed by atoms with van der Waals surface area (Å²) < 4.78 is 2.24. The largest absolute Gasteiger partial charge is 0.388 e. The third kappa shape index (κ3) is 4.84. The Morgan fingerprint density at radius 3 is 2.72 bits per heavy atom. The Kier molecular flexibility index (Phi) is 7.07. The topological polar surface area (TPSA) is 87.4 Å². The number of aromatic nitrogens is 3. The number of rotatable bonds is 4. The van der Waals surface area contributed by atoms with Crippen molar-refractivity contribution in [1.82, 2.24) is 25.4 Å². The molecule has 1 atom stereocenters. The molecule has 0 radical (unpaired) electrons. The van der Waals surface area contributed by atoms with Gasteiger partial charge in [0.25, 0.3) is 0 Å². The average molecular weight is 462 g/mol. The fourth-order valence-corrected chi connectivity index (χ4v) is 3.74.